The summed E-state index contributed by atoms with van der Waals surface area (Å²) in [7, 11) is -3.87. The first-order valence-electron chi connectivity index (χ1n) is 11.8. The van der Waals surface area contributed by atoms with Gasteiger partial charge in [0.15, 0.2) is 0 Å². The van der Waals surface area contributed by atoms with Crippen LogP contribution in [0.2, 0.25) is 0 Å². The summed E-state index contributed by atoms with van der Waals surface area (Å²) in [4.78, 5) is 15.0. The van der Waals surface area contributed by atoms with Gasteiger partial charge in [0.05, 0.1) is 25.0 Å². The Morgan fingerprint density at radius 3 is 2.24 bits per heavy atom. The molecule has 0 radical (unpaired) electrons. The van der Waals surface area contributed by atoms with Gasteiger partial charge < -0.3 is 10.1 Å². The summed E-state index contributed by atoms with van der Waals surface area (Å²) in [6, 6.07) is 10.9. The fourth-order valence-corrected chi connectivity index (χ4v) is 6.71. The molecular weight excluding hydrogens is 438 g/mol. The summed E-state index contributed by atoms with van der Waals surface area (Å²) < 4.78 is 33.9. The Morgan fingerprint density at radius 2 is 1.61 bits per heavy atom. The van der Waals surface area contributed by atoms with E-state index in [4.69, 9.17) is 4.74 Å². The average molecular weight is 470 g/mol. The number of urea groups is 1. The molecule has 0 bridgehead atoms. The van der Waals surface area contributed by atoms with Gasteiger partial charge in [0.1, 0.15) is 0 Å². The monoisotopic (exact) mass is 469 g/mol. The first-order chi connectivity index (χ1) is 16.0. The Bertz CT molecular complexity index is 1100. The van der Waals surface area contributed by atoms with Crippen molar-refractivity contribution in [1.82, 2.24) is 9.62 Å². The van der Waals surface area contributed by atoms with Crippen LogP contribution < -0.4 is 10.0 Å². The van der Waals surface area contributed by atoms with Crippen molar-refractivity contribution in [2.24, 2.45) is 0 Å². The smallest absolute Gasteiger partial charge is 0.332 e. The maximum atomic E-state index is 13.1. The molecule has 5 rings (SSSR count). The van der Waals surface area contributed by atoms with Crippen molar-refractivity contribution >= 4 is 21.7 Å². The number of morpholine rings is 1. The molecule has 2 N–H and O–H groups in total. The predicted octanol–water partition coefficient (Wildman–Crippen LogP) is 3.19. The number of fused-ring (bicyclic) bond motifs is 2. The van der Waals surface area contributed by atoms with E-state index < -0.39 is 16.1 Å². The number of nitrogens with zero attached hydrogens (tertiary/aromatic N) is 1. The van der Waals surface area contributed by atoms with Crippen LogP contribution in [0.3, 0.4) is 0 Å². The summed E-state index contributed by atoms with van der Waals surface area (Å²) in [5, 5.41) is 2.93. The van der Waals surface area contributed by atoms with E-state index in [1.54, 1.807) is 0 Å². The van der Waals surface area contributed by atoms with Crippen molar-refractivity contribution in [3.8, 4) is 0 Å². The fraction of sp³-hybridized carbons (Fsp3) is 0.480. The van der Waals surface area contributed by atoms with Crippen LogP contribution in [0, 0.1) is 0 Å². The summed E-state index contributed by atoms with van der Waals surface area (Å²) in [6.07, 6.45) is 6.05. The quantitative estimate of drug-likeness (QED) is 0.679. The van der Waals surface area contributed by atoms with E-state index in [9.17, 15) is 13.2 Å². The van der Waals surface area contributed by atoms with E-state index in [0.29, 0.717) is 26.3 Å². The number of carbonyl (C=O) groups is 1. The molecule has 1 heterocycles. The van der Waals surface area contributed by atoms with Gasteiger partial charge in [-0.3, -0.25) is 4.90 Å². The van der Waals surface area contributed by atoms with E-state index in [-0.39, 0.29) is 11.8 Å². The van der Waals surface area contributed by atoms with Crippen molar-refractivity contribution in [2.75, 3.05) is 37.4 Å². The molecular formula is C25H31N3O4S. The third-order valence-corrected chi connectivity index (χ3v) is 8.26. The van der Waals surface area contributed by atoms with Gasteiger partial charge in [-0.2, -0.15) is 0 Å². The number of rotatable bonds is 6. The van der Waals surface area contributed by atoms with Crippen molar-refractivity contribution in [3.05, 3.63) is 64.2 Å². The van der Waals surface area contributed by atoms with Gasteiger partial charge in [0, 0.05) is 18.8 Å². The van der Waals surface area contributed by atoms with Gasteiger partial charge >= 0.3 is 6.03 Å². The molecule has 0 aromatic heterocycles. The van der Waals surface area contributed by atoms with Crippen LogP contribution in [0.25, 0.3) is 0 Å². The summed E-state index contributed by atoms with van der Waals surface area (Å²) in [5.74, 6) is -0.185. The van der Waals surface area contributed by atoms with Crippen LogP contribution >= 0.6 is 0 Å². The molecule has 1 aliphatic heterocycles. The summed E-state index contributed by atoms with van der Waals surface area (Å²) >= 11 is 0. The van der Waals surface area contributed by atoms with Crippen LogP contribution in [0.4, 0.5) is 10.5 Å². The summed E-state index contributed by atoms with van der Waals surface area (Å²) in [6.45, 7) is 2.45. The molecule has 8 heteroatoms. The normalized spacial score (nSPS) is 19.0. The molecule has 1 unspecified atom stereocenters. The number of benzene rings is 2. The third kappa shape index (κ3) is 4.93. The Kier molecular flexibility index (Phi) is 6.40. The predicted molar refractivity (Wildman–Crippen MR) is 128 cm³/mol. The number of nitrogens with one attached hydrogen (secondary N) is 2. The number of aryl methyl sites for hydroxylation is 2. The van der Waals surface area contributed by atoms with Crippen molar-refractivity contribution in [1.29, 1.82) is 0 Å². The highest BCUT2D eigenvalue weighted by Crippen LogP contribution is 2.38. The van der Waals surface area contributed by atoms with Crippen LogP contribution in [0.5, 0.6) is 0 Å². The van der Waals surface area contributed by atoms with E-state index in [2.05, 4.69) is 21.0 Å². The zero-order valence-electron chi connectivity index (χ0n) is 18.8. The van der Waals surface area contributed by atoms with E-state index >= 15 is 0 Å². The standard InChI is InChI=1S/C25H31N3O4S/c29-25(26-24-21-10-4-8-19(21)16-20-9-5-11-22(20)24)27-33(30,31)17-23(18-6-2-1-3-7-18)28-12-14-32-15-13-28/h1-3,6-7,16,23H,4-5,8-15,17H2,(H2,26,27,29). The molecule has 2 aromatic rings. The average Bonchev–Trinajstić information content (AvgIpc) is 3.48. The van der Waals surface area contributed by atoms with Crippen LogP contribution in [-0.4, -0.2) is 51.4 Å². The van der Waals surface area contributed by atoms with Gasteiger partial charge in [-0.15, -0.1) is 0 Å². The largest absolute Gasteiger partial charge is 0.379 e. The van der Waals surface area contributed by atoms with Crippen LogP contribution in [-0.2, 0) is 40.4 Å². The van der Waals surface area contributed by atoms with Gasteiger partial charge in [0.25, 0.3) is 0 Å². The number of anilines is 1. The fourth-order valence-electron chi connectivity index (χ4n) is 5.47. The molecule has 7 nitrogen and oxygen atoms in total. The molecule has 2 aromatic carbocycles. The number of ether oxygens (including phenoxy) is 1. The topological polar surface area (TPSA) is 87.7 Å². The van der Waals surface area contributed by atoms with Gasteiger partial charge in [0.2, 0.25) is 10.0 Å². The second kappa shape index (κ2) is 9.44. The molecule has 1 fully saturated rings. The number of sulfonamides is 1. The molecule has 176 valence electrons. The van der Waals surface area contributed by atoms with Crippen LogP contribution in [0.15, 0.2) is 36.4 Å². The number of hydrogen-bond donors (Lipinski definition) is 2. The van der Waals surface area contributed by atoms with Crippen LogP contribution in [0.1, 0.15) is 46.7 Å². The van der Waals surface area contributed by atoms with Gasteiger partial charge in [-0.1, -0.05) is 36.4 Å². The van der Waals surface area contributed by atoms with E-state index in [0.717, 1.165) is 49.8 Å². The van der Waals surface area contributed by atoms with Gasteiger partial charge in [-0.05, 0) is 66.3 Å². The SMILES string of the molecule is O=C(Nc1c2c(cc3c1CCC3)CCC2)NS(=O)(=O)CC(c1ccccc1)N1CCOCC1. The molecule has 0 saturated carbocycles. The Morgan fingerprint density at radius 1 is 0.970 bits per heavy atom. The molecule has 33 heavy (non-hydrogen) atoms. The van der Waals surface area contributed by atoms with E-state index in [1.807, 2.05) is 30.3 Å². The molecule has 2 amide bonds. The Hall–Kier alpha value is -2.42. The lowest BCUT2D eigenvalue weighted by Gasteiger charge is -2.34. The molecule has 0 spiro atoms. The first kappa shape index (κ1) is 22.4. The highest BCUT2D eigenvalue weighted by molar-refractivity contribution is 7.90. The van der Waals surface area contributed by atoms with Crippen molar-refractivity contribution in [3.63, 3.8) is 0 Å². The van der Waals surface area contributed by atoms with Gasteiger partial charge in [-0.25, -0.2) is 17.9 Å². The summed E-state index contributed by atoms with van der Waals surface area (Å²) in [5.41, 5.74) is 6.72. The zero-order chi connectivity index (χ0) is 22.8. The second-order valence-electron chi connectivity index (χ2n) is 9.15. The second-order valence-corrected chi connectivity index (χ2v) is 10.9. The minimum Gasteiger partial charge on any atom is -0.379 e. The Labute approximate surface area is 195 Å². The lowest BCUT2D eigenvalue weighted by Crippen LogP contribution is -2.44. The lowest BCUT2D eigenvalue weighted by molar-refractivity contribution is 0.0204. The number of hydrogen-bond acceptors (Lipinski definition) is 5. The third-order valence-electron chi connectivity index (χ3n) is 7.01. The molecule has 1 atom stereocenters. The minimum absolute atomic E-state index is 0.185. The zero-order valence-corrected chi connectivity index (χ0v) is 19.6. The number of carbonyl (C=O) groups excluding carboxylic acids is 1. The highest BCUT2D eigenvalue weighted by atomic mass is 32.2. The molecule has 2 aliphatic carbocycles. The van der Waals surface area contributed by atoms with Crippen molar-refractivity contribution < 1.29 is 17.9 Å². The Balaban J connectivity index is 1.33. The minimum atomic E-state index is -3.87. The number of amides is 2. The highest BCUT2D eigenvalue weighted by Gasteiger charge is 2.30. The molecule has 1 saturated heterocycles. The molecule has 3 aliphatic rings. The maximum Gasteiger partial charge on any atom is 0.332 e. The van der Waals surface area contributed by atoms with E-state index in [1.165, 1.54) is 22.3 Å². The maximum absolute atomic E-state index is 13.1. The first-order valence-corrected chi connectivity index (χ1v) is 13.5. The van der Waals surface area contributed by atoms with Crippen molar-refractivity contribution in [2.45, 2.75) is 44.6 Å². The lowest BCUT2D eigenvalue weighted by atomic mass is 9.99.